The fourth-order valence-electron chi connectivity index (χ4n) is 3.96. The molecule has 1 aromatic carbocycles. The Bertz CT molecular complexity index is 954. The van der Waals surface area contributed by atoms with Gasteiger partial charge in [-0.2, -0.15) is 0 Å². The van der Waals surface area contributed by atoms with Crippen LogP contribution in [0.15, 0.2) is 51.3 Å². The number of benzene rings is 1. The molecule has 0 radical (unpaired) electrons. The van der Waals surface area contributed by atoms with Crippen LogP contribution < -0.4 is 0 Å². The number of likely N-dealkylation sites (tertiary alicyclic amines) is 1. The van der Waals surface area contributed by atoms with Gasteiger partial charge in [-0.1, -0.05) is 43.8 Å². The Morgan fingerprint density at radius 3 is 2.54 bits per heavy atom. The highest BCUT2D eigenvalue weighted by Gasteiger charge is 2.42. The molecule has 1 aliphatic heterocycles. The average molecular weight is 414 g/mol. The van der Waals surface area contributed by atoms with Gasteiger partial charge in [-0.25, -0.2) is 0 Å². The van der Waals surface area contributed by atoms with Crippen LogP contribution in [0.5, 0.6) is 0 Å². The maximum Gasteiger partial charge on any atom is 0.264 e. The number of carbonyl (C=O) groups is 2. The molecule has 0 unspecified atom stereocenters. The van der Waals surface area contributed by atoms with E-state index in [-0.39, 0.29) is 11.7 Å². The molecule has 1 amide bonds. The van der Waals surface area contributed by atoms with Crippen LogP contribution in [0.4, 0.5) is 0 Å². The summed E-state index contributed by atoms with van der Waals surface area (Å²) < 4.78 is 0.837. The third-order valence-corrected chi connectivity index (χ3v) is 7.88. The number of carbonyl (C=O) groups excluding carboxylic acids is 2. The van der Waals surface area contributed by atoms with Crippen molar-refractivity contribution < 1.29 is 14.7 Å². The van der Waals surface area contributed by atoms with Gasteiger partial charge in [-0.15, -0.1) is 11.3 Å². The van der Waals surface area contributed by atoms with Crippen molar-refractivity contribution in [3.05, 3.63) is 58.2 Å². The Labute approximate surface area is 173 Å². The first-order chi connectivity index (χ1) is 13.4. The summed E-state index contributed by atoms with van der Waals surface area (Å²) in [6, 6.07) is 9.87. The molecule has 1 aliphatic carbocycles. The Kier molecular flexibility index (Phi) is 5.10. The standard InChI is InChI=1S/C22H23NO3S2/c1-22(2)12-15-17(18(25)16(22)13-24)21(27-14-8-4-3-5-9-14)28-19(15)20(26)23-10-6-7-11-23/h3-5,8-9,13,24H,6-7,10-12H2,1-2H3. The first kappa shape index (κ1) is 19.3. The van der Waals surface area contributed by atoms with E-state index in [2.05, 4.69) is 0 Å². The lowest BCUT2D eigenvalue weighted by atomic mass is 9.71. The molecule has 2 aliphatic rings. The van der Waals surface area contributed by atoms with Crippen LogP contribution in [0.1, 0.15) is 52.3 Å². The average Bonchev–Trinajstić information content (AvgIpc) is 3.30. The molecule has 0 atom stereocenters. The van der Waals surface area contributed by atoms with Crippen LogP contribution in [-0.2, 0) is 6.42 Å². The van der Waals surface area contributed by atoms with E-state index in [4.69, 9.17) is 0 Å². The van der Waals surface area contributed by atoms with Gasteiger partial charge in [-0.3, -0.25) is 9.59 Å². The molecule has 1 saturated heterocycles. The summed E-state index contributed by atoms with van der Waals surface area (Å²) in [5, 5.41) is 9.73. The lowest BCUT2D eigenvalue weighted by Crippen LogP contribution is -2.33. The molecule has 4 nitrogen and oxygen atoms in total. The number of allylic oxidation sites excluding steroid dienone is 1. The van der Waals surface area contributed by atoms with Crippen molar-refractivity contribution in [3.8, 4) is 0 Å². The molecule has 6 heteroatoms. The number of fused-ring (bicyclic) bond motifs is 1. The second-order valence-corrected chi connectivity index (χ2v) is 10.3. The number of aliphatic hydroxyl groups is 1. The Balaban J connectivity index is 1.83. The molecule has 0 saturated carbocycles. The normalized spacial score (nSPS) is 19.9. The SMILES string of the molecule is CC1(C)Cc2c(C(=O)N3CCCC3)sc(Sc3ccccc3)c2C(=O)C1=CO. The van der Waals surface area contributed by atoms with Gasteiger partial charge in [0.05, 0.1) is 20.9 Å². The molecule has 1 fully saturated rings. The van der Waals surface area contributed by atoms with E-state index in [1.165, 1.54) is 23.1 Å². The first-order valence-electron chi connectivity index (χ1n) is 9.50. The lowest BCUT2D eigenvalue weighted by molar-refractivity contribution is 0.0796. The van der Waals surface area contributed by atoms with Gasteiger partial charge in [-0.05, 0) is 37.0 Å². The first-order valence-corrected chi connectivity index (χ1v) is 11.1. The van der Waals surface area contributed by atoms with Gasteiger partial charge in [0.2, 0.25) is 0 Å². The number of thiophene rings is 1. The molecule has 0 bridgehead atoms. The fraction of sp³-hybridized carbons (Fsp3) is 0.364. The minimum absolute atomic E-state index is 0.0405. The monoisotopic (exact) mass is 413 g/mol. The number of amides is 1. The van der Waals surface area contributed by atoms with Crippen LogP contribution in [0.2, 0.25) is 0 Å². The molecule has 1 N–H and O–H groups in total. The van der Waals surface area contributed by atoms with Crippen LogP contribution in [0.3, 0.4) is 0 Å². The lowest BCUT2D eigenvalue weighted by Gasteiger charge is -2.32. The zero-order valence-corrected chi connectivity index (χ0v) is 17.7. The number of Topliss-reactive ketones (excluding diaryl/α,β-unsaturated/α-hetero) is 1. The van der Waals surface area contributed by atoms with E-state index >= 15 is 0 Å². The number of ketones is 1. The summed E-state index contributed by atoms with van der Waals surface area (Å²) >= 11 is 2.94. The van der Waals surface area contributed by atoms with Crippen LogP contribution in [0.25, 0.3) is 0 Å². The Hall–Kier alpha value is -2.05. The van der Waals surface area contributed by atoms with Gasteiger partial charge in [0.1, 0.15) is 0 Å². The number of hydrogen-bond donors (Lipinski definition) is 1. The van der Waals surface area contributed by atoms with E-state index < -0.39 is 5.41 Å². The molecular weight excluding hydrogens is 390 g/mol. The summed E-state index contributed by atoms with van der Waals surface area (Å²) in [7, 11) is 0. The smallest absolute Gasteiger partial charge is 0.264 e. The second-order valence-electron chi connectivity index (χ2n) is 7.92. The van der Waals surface area contributed by atoms with Crippen molar-refractivity contribution >= 4 is 34.8 Å². The highest BCUT2D eigenvalue weighted by molar-refractivity contribution is 8.01. The number of aliphatic hydroxyl groups excluding tert-OH is 1. The van der Waals surface area contributed by atoms with Crippen molar-refractivity contribution in [1.82, 2.24) is 4.90 Å². The largest absolute Gasteiger partial charge is 0.515 e. The third kappa shape index (κ3) is 3.29. The summed E-state index contributed by atoms with van der Waals surface area (Å²) in [6.45, 7) is 5.46. The predicted molar refractivity (Wildman–Crippen MR) is 113 cm³/mol. The van der Waals surface area contributed by atoms with E-state index in [0.29, 0.717) is 22.4 Å². The Morgan fingerprint density at radius 1 is 1.21 bits per heavy atom. The summed E-state index contributed by atoms with van der Waals surface area (Å²) in [5.74, 6) is -0.123. The van der Waals surface area contributed by atoms with E-state index in [1.54, 1.807) is 0 Å². The quantitative estimate of drug-likeness (QED) is 0.545. The number of rotatable bonds is 3. The zero-order valence-electron chi connectivity index (χ0n) is 16.0. The van der Waals surface area contributed by atoms with Crippen LogP contribution >= 0.6 is 23.1 Å². The minimum Gasteiger partial charge on any atom is -0.515 e. The molecule has 2 heterocycles. The topological polar surface area (TPSA) is 57.6 Å². The number of hydrogen-bond acceptors (Lipinski definition) is 5. The van der Waals surface area contributed by atoms with Gasteiger partial charge in [0, 0.05) is 29.0 Å². The van der Waals surface area contributed by atoms with Crippen molar-refractivity contribution in [2.24, 2.45) is 5.41 Å². The zero-order chi connectivity index (χ0) is 19.9. The van der Waals surface area contributed by atoms with E-state index in [0.717, 1.165) is 46.9 Å². The molecule has 4 rings (SSSR count). The van der Waals surface area contributed by atoms with Crippen LogP contribution in [0, 0.1) is 5.41 Å². The third-order valence-electron chi connectivity index (χ3n) is 5.46. The van der Waals surface area contributed by atoms with Crippen molar-refractivity contribution in [1.29, 1.82) is 0 Å². The van der Waals surface area contributed by atoms with Gasteiger partial charge in [0.15, 0.2) is 5.78 Å². The molecule has 2 aromatic rings. The predicted octanol–water partition coefficient (Wildman–Crippen LogP) is 5.34. The van der Waals surface area contributed by atoms with Crippen molar-refractivity contribution in [3.63, 3.8) is 0 Å². The summed E-state index contributed by atoms with van der Waals surface area (Å²) in [5.41, 5.74) is 1.35. The van der Waals surface area contributed by atoms with E-state index in [9.17, 15) is 14.7 Å². The molecular formula is C22H23NO3S2. The van der Waals surface area contributed by atoms with Crippen molar-refractivity contribution in [2.75, 3.05) is 13.1 Å². The molecule has 146 valence electrons. The van der Waals surface area contributed by atoms with Crippen molar-refractivity contribution in [2.45, 2.75) is 42.2 Å². The van der Waals surface area contributed by atoms with Gasteiger partial charge >= 0.3 is 0 Å². The van der Waals surface area contributed by atoms with E-state index in [1.807, 2.05) is 49.1 Å². The maximum atomic E-state index is 13.3. The second kappa shape index (κ2) is 7.41. The minimum atomic E-state index is -0.505. The van der Waals surface area contributed by atoms with Gasteiger partial charge < -0.3 is 10.0 Å². The number of nitrogens with zero attached hydrogens (tertiary/aromatic N) is 1. The van der Waals surface area contributed by atoms with Gasteiger partial charge in [0.25, 0.3) is 5.91 Å². The summed E-state index contributed by atoms with van der Waals surface area (Å²) in [4.78, 5) is 30.1. The fourth-order valence-corrected chi connectivity index (χ4v) is 6.50. The molecule has 28 heavy (non-hydrogen) atoms. The summed E-state index contributed by atoms with van der Waals surface area (Å²) in [6.07, 6.45) is 3.59. The van der Waals surface area contributed by atoms with Crippen LogP contribution in [-0.4, -0.2) is 34.8 Å². The maximum absolute atomic E-state index is 13.3. The Morgan fingerprint density at radius 2 is 1.89 bits per heavy atom. The highest BCUT2D eigenvalue weighted by atomic mass is 32.2. The molecule has 0 spiro atoms. The highest BCUT2D eigenvalue weighted by Crippen LogP contribution is 2.49. The molecule has 1 aromatic heterocycles.